The molecule has 0 amide bonds. The SMILES string of the molecule is CC(C)(C)OC(=O)/C=C(\N)C1(O[Si](C)(C)C)CCCCC1. The number of hydrogen-bond acceptors (Lipinski definition) is 4. The molecule has 0 aromatic heterocycles. The van der Waals surface area contributed by atoms with Crippen molar-refractivity contribution in [3.8, 4) is 0 Å². The first kappa shape index (κ1) is 18.2. The second-order valence-electron chi connectivity index (χ2n) is 7.90. The van der Waals surface area contributed by atoms with Gasteiger partial charge >= 0.3 is 5.97 Å². The average Bonchev–Trinajstić information content (AvgIpc) is 2.24. The minimum Gasteiger partial charge on any atom is -0.457 e. The zero-order valence-corrected chi connectivity index (χ0v) is 15.4. The lowest BCUT2D eigenvalue weighted by Gasteiger charge is -2.42. The number of hydrogen-bond donors (Lipinski definition) is 1. The van der Waals surface area contributed by atoms with E-state index in [1.165, 1.54) is 12.5 Å². The number of esters is 1. The normalized spacial score (nSPS) is 20.2. The first-order chi connectivity index (χ1) is 9.44. The molecule has 1 aliphatic rings. The maximum Gasteiger partial charge on any atom is 0.333 e. The fraction of sp³-hybridized carbons (Fsp3) is 0.812. The van der Waals surface area contributed by atoms with E-state index in [-0.39, 0.29) is 5.97 Å². The number of rotatable bonds is 4. The highest BCUT2D eigenvalue weighted by Crippen LogP contribution is 2.38. The summed E-state index contributed by atoms with van der Waals surface area (Å²) >= 11 is 0. The van der Waals surface area contributed by atoms with E-state index < -0.39 is 19.5 Å². The molecule has 1 fully saturated rings. The van der Waals surface area contributed by atoms with E-state index >= 15 is 0 Å². The molecule has 2 N–H and O–H groups in total. The van der Waals surface area contributed by atoms with Crippen molar-refractivity contribution in [3.05, 3.63) is 11.8 Å². The Morgan fingerprint density at radius 3 is 2.10 bits per heavy atom. The minimum atomic E-state index is -1.75. The predicted molar refractivity (Wildman–Crippen MR) is 88.4 cm³/mol. The van der Waals surface area contributed by atoms with E-state index in [4.69, 9.17) is 14.9 Å². The van der Waals surface area contributed by atoms with Gasteiger partial charge < -0.3 is 14.9 Å². The lowest BCUT2D eigenvalue weighted by Crippen LogP contribution is -2.48. The van der Waals surface area contributed by atoms with Gasteiger partial charge in [0.15, 0.2) is 8.32 Å². The Morgan fingerprint density at radius 1 is 1.14 bits per heavy atom. The fourth-order valence-electron chi connectivity index (χ4n) is 2.75. The van der Waals surface area contributed by atoms with E-state index in [0.717, 1.165) is 25.7 Å². The van der Waals surface area contributed by atoms with Crippen molar-refractivity contribution in [2.45, 2.75) is 83.7 Å². The summed E-state index contributed by atoms with van der Waals surface area (Å²) in [6, 6.07) is 0. The first-order valence-electron chi connectivity index (χ1n) is 7.84. The molecule has 0 aromatic rings. The summed E-state index contributed by atoms with van der Waals surface area (Å²) in [5.74, 6) is -0.385. The van der Waals surface area contributed by atoms with Crippen LogP contribution in [0.2, 0.25) is 19.6 Å². The zero-order valence-electron chi connectivity index (χ0n) is 14.4. The van der Waals surface area contributed by atoms with Gasteiger partial charge in [-0.2, -0.15) is 0 Å². The lowest BCUT2D eigenvalue weighted by atomic mass is 9.82. The maximum atomic E-state index is 12.0. The molecule has 1 rings (SSSR count). The molecule has 0 radical (unpaired) electrons. The Balaban J connectivity index is 2.94. The Labute approximate surface area is 130 Å². The number of nitrogens with two attached hydrogens (primary N) is 1. The molecule has 5 heteroatoms. The van der Waals surface area contributed by atoms with Crippen molar-refractivity contribution in [1.82, 2.24) is 0 Å². The molecule has 0 heterocycles. The van der Waals surface area contributed by atoms with Crippen LogP contribution in [0.4, 0.5) is 0 Å². The summed E-state index contributed by atoms with van der Waals surface area (Å²) in [5, 5.41) is 0. The van der Waals surface area contributed by atoms with Gasteiger partial charge in [0.1, 0.15) is 5.60 Å². The predicted octanol–water partition coefficient (Wildman–Crippen LogP) is 3.73. The Bertz CT molecular complexity index is 399. The molecule has 4 nitrogen and oxygen atoms in total. The highest BCUT2D eigenvalue weighted by Gasteiger charge is 2.40. The van der Waals surface area contributed by atoms with Crippen LogP contribution in [0, 0.1) is 0 Å². The third-order valence-electron chi connectivity index (χ3n) is 3.37. The zero-order chi connectivity index (χ0) is 16.3. The third kappa shape index (κ3) is 6.22. The van der Waals surface area contributed by atoms with Crippen LogP contribution in [-0.2, 0) is 14.0 Å². The lowest BCUT2D eigenvalue weighted by molar-refractivity contribution is -0.148. The molecule has 1 saturated carbocycles. The molecule has 0 atom stereocenters. The van der Waals surface area contributed by atoms with Crippen LogP contribution in [-0.4, -0.2) is 25.5 Å². The summed E-state index contributed by atoms with van der Waals surface area (Å²) in [6.07, 6.45) is 6.60. The minimum absolute atomic E-state index is 0.385. The molecular weight excluding hydrogens is 282 g/mol. The van der Waals surface area contributed by atoms with Crippen molar-refractivity contribution in [1.29, 1.82) is 0 Å². The first-order valence-corrected chi connectivity index (χ1v) is 11.3. The summed E-state index contributed by atoms with van der Waals surface area (Å²) in [6.45, 7) is 12.0. The molecule has 21 heavy (non-hydrogen) atoms. The van der Waals surface area contributed by atoms with Crippen LogP contribution in [0.15, 0.2) is 11.8 Å². The smallest absolute Gasteiger partial charge is 0.333 e. The fourth-order valence-corrected chi connectivity index (χ4v) is 4.24. The van der Waals surface area contributed by atoms with Crippen molar-refractivity contribution >= 4 is 14.3 Å². The second-order valence-corrected chi connectivity index (χ2v) is 12.3. The van der Waals surface area contributed by atoms with E-state index in [2.05, 4.69) is 19.6 Å². The van der Waals surface area contributed by atoms with E-state index in [1.807, 2.05) is 20.8 Å². The Kier molecular flexibility index (Phi) is 5.67. The number of carbonyl (C=O) groups excluding carboxylic acids is 1. The van der Waals surface area contributed by atoms with Crippen LogP contribution in [0.5, 0.6) is 0 Å². The molecule has 0 bridgehead atoms. The highest BCUT2D eigenvalue weighted by atomic mass is 28.4. The van der Waals surface area contributed by atoms with E-state index in [0.29, 0.717) is 5.70 Å². The molecule has 0 spiro atoms. The quantitative estimate of drug-likeness (QED) is 0.488. The van der Waals surface area contributed by atoms with Gasteiger partial charge in [-0.05, 0) is 53.3 Å². The summed E-state index contributed by atoms with van der Waals surface area (Å²) in [7, 11) is -1.75. The molecular formula is C16H31NO3Si. The number of carbonyl (C=O) groups is 1. The van der Waals surface area contributed by atoms with Crippen LogP contribution < -0.4 is 5.73 Å². The molecule has 1 aliphatic carbocycles. The van der Waals surface area contributed by atoms with Gasteiger partial charge in [0.05, 0.1) is 5.60 Å². The molecule has 0 aliphatic heterocycles. The van der Waals surface area contributed by atoms with Crippen LogP contribution >= 0.6 is 0 Å². The van der Waals surface area contributed by atoms with Gasteiger partial charge in [-0.15, -0.1) is 0 Å². The summed E-state index contributed by atoms with van der Waals surface area (Å²) in [5.41, 5.74) is 5.82. The van der Waals surface area contributed by atoms with Gasteiger partial charge in [-0.1, -0.05) is 19.3 Å². The van der Waals surface area contributed by atoms with Gasteiger partial charge in [-0.25, -0.2) is 4.79 Å². The standard InChI is InChI=1S/C16H31NO3Si/c1-15(2,3)19-14(18)12-13(17)16(20-21(4,5)6)10-8-7-9-11-16/h12H,7-11,17H2,1-6H3/b13-12-. The third-order valence-corrected chi connectivity index (χ3v) is 4.37. The van der Waals surface area contributed by atoms with Gasteiger partial charge in [0.25, 0.3) is 0 Å². The average molecular weight is 314 g/mol. The largest absolute Gasteiger partial charge is 0.457 e. The van der Waals surface area contributed by atoms with Crippen molar-refractivity contribution in [2.75, 3.05) is 0 Å². The van der Waals surface area contributed by atoms with Crippen LogP contribution in [0.1, 0.15) is 52.9 Å². The maximum absolute atomic E-state index is 12.0. The monoisotopic (exact) mass is 313 g/mol. The number of ether oxygens (including phenoxy) is 1. The van der Waals surface area contributed by atoms with Gasteiger partial charge in [-0.3, -0.25) is 0 Å². The van der Waals surface area contributed by atoms with Gasteiger partial charge in [0, 0.05) is 11.8 Å². The molecule has 122 valence electrons. The summed E-state index contributed by atoms with van der Waals surface area (Å²) < 4.78 is 11.7. The Hall–Kier alpha value is -0.813. The van der Waals surface area contributed by atoms with E-state index in [9.17, 15) is 4.79 Å². The van der Waals surface area contributed by atoms with Crippen LogP contribution in [0.3, 0.4) is 0 Å². The molecule has 0 saturated heterocycles. The van der Waals surface area contributed by atoms with E-state index in [1.54, 1.807) is 0 Å². The topological polar surface area (TPSA) is 61.5 Å². The second kappa shape index (κ2) is 6.52. The Morgan fingerprint density at radius 2 is 1.67 bits per heavy atom. The van der Waals surface area contributed by atoms with Crippen molar-refractivity contribution in [3.63, 3.8) is 0 Å². The van der Waals surface area contributed by atoms with Crippen molar-refractivity contribution < 1.29 is 14.0 Å². The molecule has 0 unspecified atom stereocenters. The summed E-state index contributed by atoms with van der Waals surface area (Å²) in [4.78, 5) is 12.0. The van der Waals surface area contributed by atoms with Gasteiger partial charge in [0.2, 0.25) is 0 Å². The van der Waals surface area contributed by atoms with Crippen molar-refractivity contribution in [2.24, 2.45) is 5.73 Å². The highest BCUT2D eigenvalue weighted by molar-refractivity contribution is 6.69. The molecule has 0 aromatic carbocycles. The van der Waals surface area contributed by atoms with Crippen LogP contribution in [0.25, 0.3) is 0 Å².